The molecule has 2 radical (unpaired) electrons. The Morgan fingerprint density at radius 3 is 1.40 bits per heavy atom. The average molecular weight is 179 g/mol. The van der Waals surface area contributed by atoms with Crippen LogP contribution >= 0.6 is 0 Å². The number of rotatable bonds is 0. The van der Waals surface area contributed by atoms with Crippen molar-refractivity contribution in [2.24, 2.45) is 0 Å². The molecule has 0 aliphatic carbocycles. The number of carboxylic acid groups (broad SMARTS) is 2. The topological polar surface area (TPSA) is 63.2 Å². The fraction of sp³-hybridized carbons (Fsp3) is 0. The van der Waals surface area contributed by atoms with Crippen LogP contribution in [0.3, 0.4) is 0 Å². The quantitative estimate of drug-likeness (QED) is 0.376. The predicted octanol–water partition coefficient (Wildman–Crippen LogP) is -2.83. The van der Waals surface area contributed by atoms with Gasteiger partial charge in [-0.1, -0.05) is 0 Å². The second-order valence-corrected chi connectivity index (χ2v) is 0.250. The minimum Gasteiger partial charge on any atom is -0.652 e. The zero-order chi connectivity index (χ0) is 3.58. The Hall–Kier alpha value is 0.0687. The van der Waals surface area contributed by atoms with Crippen molar-refractivity contribution in [1.29, 1.82) is 0 Å². The Morgan fingerprint density at radius 2 is 1.40 bits per heavy atom. The second-order valence-electron chi connectivity index (χ2n) is 0.250. The molecule has 0 spiro atoms. The van der Waals surface area contributed by atoms with Crippen molar-refractivity contribution >= 4 is 30.1 Å². The van der Waals surface area contributed by atoms with Gasteiger partial charge in [-0.15, -0.1) is 0 Å². The first-order valence-corrected chi connectivity index (χ1v) is 0.612. The summed E-state index contributed by atoms with van der Waals surface area (Å²) in [6.07, 6.45) is -2.33. The molecule has 0 aromatic carbocycles. The van der Waals surface area contributed by atoms with Crippen molar-refractivity contribution in [2.45, 2.75) is 0 Å². The van der Waals surface area contributed by atoms with Crippen LogP contribution in [0.15, 0.2) is 0 Å². The van der Waals surface area contributed by atoms with Gasteiger partial charge in [0.05, 0.1) is 0 Å². The van der Waals surface area contributed by atoms with E-state index in [-0.39, 0.29) is 23.9 Å². The molecular formula is CO3Sn. The molecule has 0 saturated heterocycles. The molecule has 0 rings (SSSR count). The monoisotopic (exact) mass is 180 g/mol. The summed E-state index contributed by atoms with van der Waals surface area (Å²) >= 11 is 0. The third kappa shape index (κ3) is 3690. The van der Waals surface area contributed by atoms with E-state index in [9.17, 15) is 0 Å². The van der Waals surface area contributed by atoms with Gasteiger partial charge in [0.1, 0.15) is 0 Å². The molecule has 0 unspecified atom stereocenters. The largest absolute Gasteiger partial charge is 2.00 e. The summed E-state index contributed by atoms with van der Waals surface area (Å²) in [5.74, 6) is 0. The van der Waals surface area contributed by atoms with Crippen LogP contribution in [-0.4, -0.2) is 30.1 Å². The molecule has 0 aromatic heterocycles. The Labute approximate surface area is 45.6 Å². The maximum atomic E-state index is 8.33. The van der Waals surface area contributed by atoms with Gasteiger partial charge in [-0.2, -0.15) is 0 Å². The second kappa shape index (κ2) is 4.07. The Bertz CT molecular complexity index is 29.9. The van der Waals surface area contributed by atoms with Crippen molar-refractivity contribution in [3.05, 3.63) is 0 Å². The average Bonchev–Trinajstić information content (AvgIpc) is 0.811. The van der Waals surface area contributed by atoms with Crippen LogP contribution < -0.4 is 10.2 Å². The summed E-state index contributed by atoms with van der Waals surface area (Å²) in [6.45, 7) is 0. The molecular weight excluding hydrogens is 179 g/mol. The first-order valence-electron chi connectivity index (χ1n) is 0.612. The van der Waals surface area contributed by atoms with Crippen molar-refractivity contribution in [2.75, 3.05) is 0 Å². The van der Waals surface area contributed by atoms with Crippen LogP contribution in [0, 0.1) is 0 Å². The van der Waals surface area contributed by atoms with E-state index in [1.807, 2.05) is 0 Å². The molecule has 0 bridgehead atoms. The molecule has 0 N–H and O–H groups in total. The molecule has 0 amide bonds. The summed E-state index contributed by atoms with van der Waals surface area (Å²) in [5.41, 5.74) is 0. The molecule has 0 aromatic rings. The third-order valence-electron chi connectivity index (χ3n) is 0. The van der Waals surface area contributed by atoms with Gasteiger partial charge >= 0.3 is 23.9 Å². The van der Waals surface area contributed by atoms with E-state index in [1.165, 1.54) is 0 Å². The fourth-order valence-corrected chi connectivity index (χ4v) is 0. The van der Waals surface area contributed by atoms with Gasteiger partial charge in [0.25, 0.3) is 0 Å². The van der Waals surface area contributed by atoms with E-state index >= 15 is 0 Å². The van der Waals surface area contributed by atoms with Crippen molar-refractivity contribution in [1.82, 2.24) is 0 Å². The predicted molar refractivity (Wildman–Crippen MR) is 11.1 cm³/mol. The van der Waals surface area contributed by atoms with Gasteiger partial charge in [0, 0.05) is 0 Å². The van der Waals surface area contributed by atoms with Crippen molar-refractivity contribution < 1.29 is 15.0 Å². The van der Waals surface area contributed by atoms with Crippen LogP contribution in [0.25, 0.3) is 0 Å². The molecule has 4 heteroatoms. The number of hydrogen-bond donors (Lipinski definition) is 0. The molecule has 0 aliphatic rings. The zero-order valence-corrected chi connectivity index (χ0v) is 5.08. The molecule has 0 fully saturated rings. The Balaban J connectivity index is 0. The zero-order valence-electron chi connectivity index (χ0n) is 2.22. The first-order chi connectivity index (χ1) is 1.73. The van der Waals surface area contributed by atoms with Crippen LogP contribution in [0.1, 0.15) is 0 Å². The van der Waals surface area contributed by atoms with E-state index in [0.717, 1.165) is 0 Å². The minimum absolute atomic E-state index is 0. The maximum absolute atomic E-state index is 8.33. The number of hydrogen-bond acceptors (Lipinski definition) is 3. The van der Waals surface area contributed by atoms with Crippen LogP contribution in [0.5, 0.6) is 0 Å². The maximum Gasteiger partial charge on any atom is 2.00 e. The molecule has 0 aliphatic heterocycles. The minimum atomic E-state index is -2.33. The normalized spacial score (nSPS) is 4.80. The molecule has 0 heterocycles. The van der Waals surface area contributed by atoms with Crippen LogP contribution in [0.2, 0.25) is 0 Å². The van der Waals surface area contributed by atoms with Gasteiger partial charge in [-0.25, -0.2) is 0 Å². The summed E-state index contributed by atoms with van der Waals surface area (Å²) < 4.78 is 0. The Kier molecular flexibility index (Phi) is 7.25. The van der Waals surface area contributed by atoms with Crippen LogP contribution in [0.4, 0.5) is 4.79 Å². The van der Waals surface area contributed by atoms with Crippen molar-refractivity contribution in [3.63, 3.8) is 0 Å². The molecule has 26 valence electrons. The van der Waals surface area contributed by atoms with Gasteiger partial charge in [-0.05, 0) is 6.16 Å². The summed E-state index contributed by atoms with van der Waals surface area (Å²) in [5, 5.41) is 16.7. The summed E-state index contributed by atoms with van der Waals surface area (Å²) in [4.78, 5) is 8.33. The summed E-state index contributed by atoms with van der Waals surface area (Å²) in [7, 11) is 0. The van der Waals surface area contributed by atoms with Crippen molar-refractivity contribution in [3.8, 4) is 0 Å². The molecule has 0 atom stereocenters. The summed E-state index contributed by atoms with van der Waals surface area (Å²) in [6, 6.07) is 0. The number of carbonyl (C=O) groups is 1. The standard InChI is InChI=1S/CH2O3.Sn/c2-1(3)4;/h(H2,2,3,4);/q;+2/p-2. The van der Waals surface area contributed by atoms with Gasteiger partial charge in [0.2, 0.25) is 0 Å². The van der Waals surface area contributed by atoms with E-state index in [2.05, 4.69) is 0 Å². The number of carbonyl (C=O) groups excluding carboxylic acids is 1. The van der Waals surface area contributed by atoms with E-state index in [4.69, 9.17) is 15.0 Å². The van der Waals surface area contributed by atoms with Gasteiger partial charge in [-0.3, -0.25) is 0 Å². The van der Waals surface area contributed by atoms with Crippen LogP contribution in [-0.2, 0) is 0 Å². The molecule has 3 nitrogen and oxygen atoms in total. The molecule has 5 heavy (non-hydrogen) atoms. The Morgan fingerprint density at radius 1 is 1.40 bits per heavy atom. The molecule has 0 saturated carbocycles. The van der Waals surface area contributed by atoms with Gasteiger partial charge in [0.15, 0.2) is 0 Å². The smallest absolute Gasteiger partial charge is 0.652 e. The fourth-order valence-electron chi connectivity index (χ4n) is 0. The van der Waals surface area contributed by atoms with E-state index in [1.54, 1.807) is 0 Å². The SMILES string of the molecule is O=C([O-])[O-].[Sn+2]. The van der Waals surface area contributed by atoms with Gasteiger partial charge < -0.3 is 15.0 Å². The first kappa shape index (κ1) is 8.91. The third-order valence-corrected chi connectivity index (χ3v) is 0. The van der Waals surface area contributed by atoms with E-state index in [0.29, 0.717) is 0 Å². The van der Waals surface area contributed by atoms with E-state index < -0.39 is 6.16 Å².